The van der Waals surface area contributed by atoms with Gasteiger partial charge < -0.3 is 20.9 Å². The predicted molar refractivity (Wildman–Crippen MR) is 198 cm³/mol. The number of nitrogens with one attached hydrogen (secondary N) is 3. The second-order valence-corrected chi connectivity index (χ2v) is 18.9. The molecule has 4 aliphatic rings. The average molecular weight is 743 g/mol. The Morgan fingerprint density at radius 1 is 0.961 bits per heavy atom. The number of rotatable bonds is 14. The van der Waals surface area contributed by atoms with Crippen LogP contribution in [0.25, 0.3) is 0 Å². The second-order valence-electron chi connectivity index (χ2n) is 15.6. The molecule has 0 unspecified atom stereocenters. The van der Waals surface area contributed by atoms with E-state index in [0.717, 1.165) is 62.9 Å². The van der Waals surface area contributed by atoms with Crippen molar-refractivity contribution in [2.75, 3.05) is 18.1 Å². The van der Waals surface area contributed by atoms with E-state index in [-0.39, 0.29) is 41.7 Å². The minimum Gasteiger partial charge on any atom is -0.347 e. The Labute approximate surface area is 310 Å². The Balaban J connectivity index is 1.38. The van der Waals surface area contributed by atoms with Gasteiger partial charge in [-0.1, -0.05) is 53.4 Å². The van der Waals surface area contributed by atoms with Crippen molar-refractivity contribution in [3.8, 4) is 0 Å². The molecule has 280 valence electrons. The molecule has 5 rings (SSSR count). The molecular formula is C37H54N6O6S2. The number of carbonyl (C=O) groups excluding carboxylic acids is 6. The number of Topliss-reactive ketones (excluding diaryl/α,β-unsaturated/α-hetero) is 2. The van der Waals surface area contributed by atoms with Gasteiger partial charge >= 0.3 is 0 Å². The molecule has 4 fully saturated rings. The van der Waals surface area contributed by atoms with Gasteiger partial charge in [0.2, 0.25) is 23.5 Å². The van der Waals surface area contributed by atoms with Crippen molar-refractivity contribution in [3.05, 3.63) is 24.3 Å². The summed E-state index contributed by atoms with van der Waals surface area (Å²) in [4.78, 5) is 92.2. The highest BCUT2D eigenvalue weighted by Crippen LogP contribution is 2.51. The van der Waals surface area contributed by atoms with E-state index in [2.05, 4.69) is 25.9 Å². The van der Waals surface area contributed by atoms with E-state index in [9.17, 15) is 28.8 Å². The summed E-state index contributed by atoms with van der Waals surface area (Å²) in [7, 11) is 0. The number of ketones is 2. The first-order chi connectivity index (χ1) is 24.3. The maximum Gasteiger partial charge on any atom is 0.289 e. The van der Waals surface area contributed by atoms with Crippen LogP contribution in [-0.2, 0) is 24.0 Å². The maximum atomic E-state index is 14.8. The molecule has 1 aromatic heterocycles. The van der Waals surface area contributed by atoms with Crippen LogP contribution in [0.2, 0.25) is 0 Å². The van der Waals surface area contributed by atoms with Crippen LogP contribution >= 0.6 is 23.5 Å². The standard InChI is InChI=1S/C37H54N6O6S2/c1-5-10-26(30(45)34(48)40-24-13-14-24)41-33(47)28-20-37(50-17-9-18-51-37)22-43(28)35(49)31(36(2,3)4)42-32(46)25(23-11-7-6-8-12-23)19-29(44)27-21-38-15-16-39-27/h15-16,21,23-26,28,31H,5-14,17-20,22H2,1-4H3,(H,40,48)(H,41,47)(H,42,46)/t25-,26-,28-,31+/m0/s1. The van der Waals surface area contributed by atoms with Gasteiger partial charge in [-0.3, -0.25) is 33.8 Å². The zero-order valence-electron chi connectivity index (χ0n) is 30.4. The predicted octanol–water partition coefficient (Wildman–Crippen LogP) is 4.08. The maximum absolute atomic E-state index is 14.8. The molecule has 3 heterocycles. The lowest BCUT2D eigenvalue weighted by Crippen LogP contribution is -2.60. The molecule has 4 amide bonds. The zero-order chi connectivity index (χ0) is 36.8. The summed E-state index contributed by atoms with van der Waals surface area (Å²) in [5.74, 6) is -1.65. The van der Waals surface area contributed by atoms with Crippen LogP contribution in [-0.4, -0.2) is 96.4 Å². The summed E-state index contributed by atoms with van der Waals surface area (Å²) in [6.45, 7) is 7.85. The fraction of sp³-hybridized carbons (Fsp3) is 0.730. The van der Waals surface area contributed by atoms with Crippen molar-refractivity contribution in [1.82, 2.24) is 30.8 Å². The molecule has 12 nitrogen and oxygen atoms in total. The van der Waals surface area contributed by atoms with Crippen molar-refractivity contribution in [3.63, 3.8) is 0 Å². The van der Waals surface area contributed by atoms with Crippen LogP contribution < -0.4 is 16.0 Å². The summed E-state index contributed by atoms with van der Waals surface area (Å²) < 4.78 is -0.399. The van der Waals surface area contributed by atoms with Gasteiger partial charge in [0, 0.05) is 43.7 Å². The van der Waals surface area contributed by atoms with Crippen LogP contribution in [0.1, 0.15) is 115 Å². The lowest BCUT2D eigenvalue weighted by atomic mass is 9.76. The van der Waals surface area contributed by atoms with Crippen molar-refractivity contribution in [1.29, 1.82) is 0 Å². The highest BCUT2D eigenvalue weighted by atomic mass is 32.2. The van der Waals surface area contributed by atoms with E-state index < -0.39 is 51.1 Å². The first-order valence-corrected chi connectivity index (χ1v) is 20.6. The smallest absolute Gasteiger partial charge is 0.289 e. The van der Waals surface area contributed by atoms with Crippen LogP contribution in [0.4, 0.5) is 0 Å². The number of amides is 4. The molecule has 3 N–H and O–H groups in total. The Morgan fingerprint density at radius 2 is 1.67 bits per heavy atom. The SMILES string of the molecule is CCC[C@H](NC(=O)[C@@H]1CC2(CN1C(=O)[C@@H](NC(=O)[C@@H](CC(=O)c1cnccn1)C1CCCCC1)C(C)(C)C)SCCCS2)C(=O)C(=O)NC1CC1. The highest BCUT2D eigenvalue weighted by Gasteiger charge is 2.53. The molecule has 2 saturated carbocycles. The summed E-state index contributed by atoms with van der Waals surface area (Å²) in [5.41, 5.74) is -0.526. The highest BCUT2D eigenvalue weighted by molar-refractivity contribution is 8.18. The van der Waals surface area contributed by atoms with Gasteiger partial charge in [-0.2, -0.15) is 0 Å². The summed E-state index contributed by atoms with van der Waals surface area (Å²) in [5, 5.41) is 8.68. The fourth-order valence-electron chi connectivity index (χ4n) is 7.42. The Morgan fingerprint density at radius 3 is 2.27 bits per heavy atom. The van der Waals surface area contributed by atoms with Gasteiger partial charge in [0.05, 0.1) is 16.3 Å². The van der Waals surface area contributed by atoms with Gasteiger partial charge in [-0.15, -0.1) is 23.5 Å². The van der Waals surface area contributed by atoms with Crippen LogP contribution in [0.15, 0.2) is 18.6 Å². The number of hydrogen-bond acceptors (Lipinski definition) is 10. The minimum absolute atomic E-state index is 0.00923. The van der Waals surface area contributed by atoms with Gasteiger partial charge in [-0.25, -0.2) is 4.98 Å². The molecule has 2 aliphatic carbocycles. The van der Waals surface area contributed by atoms with Gasteiger partial charge in [0.25, 0.3) is 5.91 Å². The van der Waals surface area contributed by atoms with Crippen LogP contribution in [0, 0.1) is 17.3 Å². The van der Waals surface area contributed by atoms with Gasteiger partial charge in [-0.05, 0) is 61.4 Å². The lowest BCUT2D eigenvalue weighted by molar-refractivity contribution is -0.145. The van der Waals surface area contributed by atoms with Gasteiger partial charge in [0.15, 0.2) is 5.78 Å². The van der Waals surface area contributed by atoms with Crippen molar-refractivity contribution < 1.29 is 28.8 Å². The first kappa shape index (κ1) is 39.2. The van der Waals surface area contributed by atoms with E-state index in [4.69, 9.17) is 0 Å². The first-order valence-electron chi connectivity index (χ1n) is 18.6. The summed E-state index contributed by atoms with van der Waals surface area (Å²) >= 11 is 3.51. The number of thioether (sulfide) groups is 2. The average Bonchev–Trinajstić information content (AvgIpc) is 3.87. The molecular weight excluding hydrogens is 689 g/mol. The third kappa shape index (κ3) is 10.1. The number of hydrogen-bond donors (Lipinski definition) is 3. The van der Waals surface area contributed by atoms with E-state index in [1.807, 2.05) is 27.7 Å². The molecule has 51 heavy (non-hydrogen) atoms. The topological polar surface area (TPSA) is 168 Å². The zero-order valence-corrected chi connectivity index (χ0v) is 32.0. The number of aromatic nitrogens is 2. The molecule has 14 heteroatoms. The van der Waals surface area contributed by atoms with Crippen LogP contribution in [0.5, 0.6) is 0 Å². The Bertz CT molecular complexity index is 1440. The number of nitrogens with zero attached hydrogens (tertiary/aromatic N) is 3. The quantitative estimate of drug-likeness (QED) is 0.187. The third-order valence-electron chi connectivity index (χ3n) is 10.5. The fourth-order valence-corrected chi connectivity index (χ4v) is 10.8. The van der Waals surface area contributed by atoms with Gasteiger partial charge in [0.1, 0.15) is 17.8 Å². The molecule has 1 aromatic rings. The lowest BCUT2D eigenvalue weighted by Gasteiger charge is -2.38. The second kappa shape index (κ2) is 17.2. The van der Waals surface area contributed by atoms with E-state index in [0.29, 0.717) is 25.8 Å². The third-order valence-corrected chi connectivity index (χ3v) is 13.8. The summed E-state index contributed by atoms with van der Waals surface area (Å²) in [6, 6.07) is -2.86. The molecule has 2 aliphatic heterocycles. The molecule has 0 radical (unpaired) electrons. The van der Waals surface area contributed by atoms with E-state index in [1.165, 1.54) is 18.6 Å². The molecule has 2 saturated heterocycles. The monoisotopic (exact) mass is 742 g/mol. The molecule has 4 atom stereocenters. The van der Waals surface area contributed by atoms with Crippen molar-refractivity contribution >= 4 is 58.7 Å². The van der Waals surface area contributed by atoms with Crippen molar-refractivity contribution in [2.24, 2.45) is 17.3 Å². The van der Waals surface area contributed by atoms with Crippen LogP contribution in [0.3, 0.4) is 0 Å². The number of carbonyl (C=O) groups is 6. The minimum atomic E-state index is -0.998. The van der Waals surface area contributed by atoms with E-state index >= 15 is 0 Å². The normalized spacial score (nSPS) is 22.4. The molecule has 1 spiro atoms. The summed E-state index contributed by atoms with van der Waals surface area (Å²) in [6.07, 6.45) is 13.0. The Kier molecular flexibility index (Phi) is 13.2. The Hall–Kier alpha value is -3.00. The largest absolute Gasteiger partial charge is 0.347 e. The van der Waals surface area contributed by atoms with E-state index in [1.54, 1.807) is 28.4 Å². The van der Waals surface area contributed by atoms with Crippen molar-refractivity contribution in [2.45, 2.75) is 133 Å². The molecule has 0 aromatic carbocycles. The number of likely N-dealkylation sites (tertiary alicyclic amines) is 1. The molecule has 0 bridgehead atoms.